The van der Waals surface area contributed by atoms with Crippen LogP contribution in [0.15, 0.2) is 42.5 Å². The van der Waals surface area contributed by atoms with E-state index in [0.717, 1.165) is 24.1 Å². The van der Waals surface area contributed by atoms with E-state index in [-0.39, 0.29) is 57.1 Å². The fraction of sp³-hybridized carbons (Fsp3) is 0.423. The monoisotopic (exact) mass is 538 g/mol. The third-order valence-corrected chi connectivity index (χ3v) is 6.64. The molecule has 0 spiro atoms. The molecule has 1 heterocycles. The Morgan fingerprint density at radius 3 is 2.29 bits per heavy atom. The van der Waals surface area contributed by atoms with Gasteiger partial charge in [-0.05, 0) is 49.1 Å². The van der Waals surface area contributed by atoms with Crippen molar-refractivity contribution in [1.82, 2.24) is 10.2 Å². The molecule has 0 unspecified atom stereocenters. The number of benzene rings is 2. The summed E-state index contributed by atoms with van der Waals surface area (Å²) in [5.74, 6) is -1.97. The maximum absolute atomic E-state index is 14.3. The number of likely N-dealkylation sites (tertiary alicyclic amines) is 1. The molecule has 12 heteroatoms. The van der Waals surface area contributed by atoms with Crippen molar-refractivity contribution < 1.29 is 36.7 Å². The van der Waals surface area contributed by atoms with E-state index in [1.165, 1.54) is 4.90 Å². The van der Waals surface area contributed by atoms with E-state index in [9.17, 15) is 31.9 Å². The molecule has 0 aromatic heterocycles. The van der Waals surface area contributed by atoms with Gasteiger partial charge in [0.1, 0.15) is 12.4 Å². The minimum Gasteiger partial charge on any atom is -0.448 e. The summed E-state index contributed by atoms with van der Waals surface area (Å²) in [7, 11) is 0. The first-order valence-corrected chi connectivity index (χ1v) is 12.1. The van der Waals surface area contributed by atoms with Crippen molar-refractivity contribution in [3.63, 3.8) is 0 Å². The predicted octanol–water partition coefficient (Wildman–Crippen LogP) is 3.84. The van der Waals surface area contributed by atoms with Gasteiger partial charge in [-0.25, -0.2) is 9.18 Å². The number of piperidine rings is 1. The number of halogens is 4. The van der Waals surface area contributed by atoms with Gasteiger partial charge in [0.15, 0.2) is 0 Å². The molecule has 8 nitrogen and oxygen atoms in total. The zero-order valence-corrected chi connectivity index (χ0v) is 20.9. The number of hydrogen-bond donors (Lipinski definition) is 3. The van der Waals surface area contributed by atoms with Gasteiger partial charge in [0.25, 0.3) is 0 Å². The summed E-state index contributed by atoms with van der Waals surface area (Å²) in [5.41, 5.74) is 4.51. The summed E-state index contributed by atoms with van der Waals surface area (Å²) < 4.78 is 58.1. The van der Waals surface area contributed by atoms with Crippen LogP contribution in [0.2, 0.25) is 0 Å². The quantitative estimate of drug-likeness (QED) is 0.442. The van der Waals surface area contributed by atoms with Crippen molar-refractivity contribution in [3.05, 3.63) is 65.0 Å². The molecule has 2 aromatic carbocycles. The molecule has 4 N–H and O–H groups in total. The zero-order chi connectivity index (χ0) is 27.9. The highest BCUT2D eigenvalue weighted by Crippen LogP contribution is 2.33. The summed E-state index contributed by atoms with van der Waals surface area (Å²) in [6.07, 6.45) is -4.37. The third kappa shape index (κ3) is 7.21. The molecule has 38 heavy (non-hydrogen) atoms. The third-order valence-electron chi connectivity index (χ3n) is 6.64. The Morgan fingerprint density at radius 2 is 1.74 bits per heavy atom. The fourth-order valence-electron chi connectivity index (χ4n) is 4.16. The topological polar surface area (TPSA) is 114 Å². The Morgan fingerprint density at radius 1 is 1.08 bits per heavy atom. The summed E-state index contributed by atoms with van der Waals surface area (Å²) in [4.78, 5) is 39.2. The summed E-state index contributed by atoms with van der Waals surface area (Å²) in [6, 6.07) is 9.22. The van der Waals surface area contributed by atoms with E-state index in [2.05, 4.69) is 10.6 Å². The van der Waals surface area contributed by atoms with Crippen molar-refractivity contribution in [2.75, 3.05) is 31.6 Å². The second-order valence-corrected chi connectivity index (χ2v) is 9.10. The van der Waals surface area contributed by atoms with Gasteiger partial charge in [-0.2, -0.15) is 13.2 Å². The SMILES string of the molecule is CCc1ccc(NC(=O)OCC2(C(=O)NCc3ccc(C(F)(F)F)cc3F)CCN(C(=O)CN)CC2)cc1. The van der Waals surface area contributed by atoms with Gasteiger partial charge in [-0.1, -0.05) is 25.1 Å². The van der Waals surface area contributed by atoms with Gasteiger partial charge >= 0.3 is 12.3 Å². The maximum Gasteiger partial charge on any atom is 0.416 e. The number of nitrogens with two attached hydrogens (primary N) is 1. The van der Waals surface area contributed by atoms with Crippen LogP contribution in [-0.4, -0.2) is 49.0 Å². The molecule has 3 amide bonds. The van der Waals surface area contributed by atoms with Crippen molar-refractivity contribution in [3.8, 4) is 0 Å². The van der Waals surface area contributed by atoms with Crippen molar-refractivity contribution in [1.29, 1.82) is 0 Å². The highest BCUT2D eigenvalue weighted by Gasteiger charge is 2.43. The number of nitrogens with one attached hydrogen (secondary N) is 2. The lowest BCUT2D eigenvalue weighted by atomic mass is 9.78. The summed E-state index contributed by atoms with van der Waals surface area (Å²) >= 11 is 0. The minimum atomic E-state index is -4.70. The Bertz CT molecular complexity index is 1150. The number of ether oxygens (including phenoxy) is 1. The van der Waals surface area contributed by atoms with Crippen LogP contribution in [0, 0.1) is 11.2 Å². The van der Waals surface area contributed by atoms with Crippen molar-refractivity contribution in [2.24, 2.45) is 11.1 Å². The van der Waals surface area contributed by atoms with Crippen LogP contribution in [0.5, 0.6) is 0 Å². The average molecular weight is 539 g/mol. The van der Waals surface area contributed by atoms with E-state index in [1.807, 2.05) is 19.1 Å². The lowest BCUT2D eigenvalue weighted by molar-refractivity contribution is -0.142. The molecule has 0 atom stereocenters. The molecule has 1 fully saturated rings. The van der Waals surface area contributed by atoms with E-state index in [1.54, 1.807) is 12.1 Å². The molecular formula is C26H30F4N4O4. The molecule has 0 bridgehead atoms. The second-order valence-electron chi connectivity index (χ2n) is 9.10. The number of alkyl halides is 3. The van der Waals surface area contributed by atoms with Crippen LogP contribution < -0.4 is 16.4 Å². The first-order valence-electron chi connectivity index (χ1n) is 12.1. The average Bonchev–Trinajstić information content (AvgIpc) is 2.90. The molecule has 0 radical (unpaired) electrons. The van der Waals surface area contributed by atoms with Crippen molar-refractivity contribution >= 4 is 23.6 Å². The minimum absolute atomic E-state index is 0.133. The van der Waals surface area contributed by atoms with Gasteiger partial charge in [-0.3, -0.25) is 14.9 Å². The van der Waals surface area contributed by atoms with Gasteiger partial charge < -0.3 is 20.7 Å². The van der Waals surface area contributed by atoms with Crippen LogP contribution in [0.4, 0.5) is 28.0 Å². The molecule has 3 rings (SSSR count). The molecular weight excluding hydrogens is 508 g/mol. The van der Waals surface area contributed by atoms with E-state index < -0.39 is 35.0 Å². The first-order chi connectivity index (χ1) is 18.0. The Kier molecular flexibility index (Phi) is 9.31. The normalized spacial score (nSPS) is 15.1. The summed E-state index contributed by atoms with van der Waals surface area (Å²) in [5, 5.41) is 5.15. The Balaban J connectivity index is 1.68. The van der Waals surface area contributed by atoms with E-state index >= 15 is 0 Å². The van der Waals surface area contributed by atoms with Crippen LogP contribution in [-0.2, 0) is 33.5 Å². The number of hydrogen-bond acceptors (Lipinski definition) is 5. The molecule has 0 saturated carbocycles. The number of aryl methyl sites for hydroxylation is 1. The highest BCUT2D eigenvalue weighted by molar-refractivity contribution is 5.86. The number of nitrogens with zero attached hydrogens (tertiary/aromatic N) is 1. The lowest BCUT2D eigenvalue weighted by Crippen LogP contribution is -2.53. The molecule has 1 aliphatic rings. The smallest absolute Gasteiger partial charge is 0.416 e. The maximum atomic E-state index is 14.3. The van der Waals surface area contributed by atoms with Crippen LogP contribution >= 0.6 is 0 Å². The van der Waals surface area contributed by atoms with Gasteiger partial charge in [0.05, 0.1) is 17.5 Å². The van der Waals surface area contributed by atoms with Crippen LogP contribution in [0.1, 0.15) is 36.5 Å². The lowest BCUT2D eigenvalue weighted by Gasteiger charge is -2.40. The highest BCUT2D eigenvalue weighted by atomic mass is 19.4. The van der Waals surface area contributed by atoms with Crippen molar-refractivity contribution in [2.45, 2.75) is 38.9 Å². The van der Waals surface area contributed by atoms with E-state index in [0.29, 0.717) is 11.8 Å². The standard InChI is InChI=1S/C26H30F4N4O4/c1-2-17-3-7-20(8-4-17)33-24(37)38-16-25(9-11-34(12-10-25)22(35)14-31)23(36)32-15-18-5-6-19(13-21(18)27)26(28,29)30/h3-8,13H,2,9-12,14-16,31H2,1H3,(H,32,36)(H,33,37). The number of rotatable bonds is 8. The van der Waals surface area contributed by atoms with Gasteiger partial charge in [-0.15, -0.1) is 0 Å². The first kappa shape index (κ1) is 28.9. The number of carbonyl (C=O) groups excluding carboxylic acids is 3. The van der Waals surface area contributed by atoms with Crippen LogP contribution in [0.3, 0.4) is 0 Å². The Hall–Kier alpha value is -3.67. The molecule has 2 aromatic rings. The zero-order valence-electron chi connectivity index (χ0n) is 20.9. The second kappa shape index (κ2) is 12.2. The fourth-order valence-corrected chi connectivity index (χ4v) is 4.16. The molecule has 1 aliphatic heterocycles. The van der Waals surface area contributed by atoms with E-state index in [4.69, 9.17) is 10.5 Å². The Labute approximate surface area is 217 Å². The number of amides is 3. The molecule has 1 saturated heterocycles. The van der Waals surface area contributed by atoms with Crippen LogP contribution in [0.25, 0.3) is 0 Å². The largest absolute Gasteiger partial charge is 0.448 e. The van der Waals surface area contributed by atoms with Gasteiger partial charge in [0, 0.05) is 30.9 Å². The number of carbonyl (C=O) groups is 3. The predicted molar refractivity (Wildman–Crippen MR) is 131 cm³/mol. The molecule has 206 valence electrons. The van der Waals surface area contributed by atoms with Gasteiger partial charge in [0.2, 0.25) is 11.8 Å². The summed E-state index contributed by atoms with van der Waals surface area (Å²) in [6.45, 7) is 1.48. The molecule has 0 aliphatic carbocycles. The number of anilines is 1.